The van der Waals surface area contributed by atoms with Gasteiger partial charge in [-0.3, -0.25) is 4.79 Å². The molecule has 0 bridgehead atoms. The fourth-order valence-corrected chi connectivity index (χ4v) is 3.97. The van der Waals surface area contributed by atoms with E-state index in [4.69, 9.17) is 28.1 Å². The molecule has 1 aromatic heterocycles. The molecule has 0 amide bonds. The minimum atomic E-state index is -1.62. The fourth-order valence-electron chi connectivity index (χ4n) is 3.97. The van der Waals surface area contributed by atoms with Gasteiger partial charge >= 0.3 is 0 Å². The predicted octanol–water partition coefficient (Wildman–Crippen LogP) is 0.370. The quantitative estimate of drug-likeness (QED) is 0.298. The van der Waals surface area contributed by atoms with Crippen LogP contribution in [0.4, 0.5) is 0 Å². The van der Waals surface area contributed by atoms with Crippen molar-refractivity contribution in [3.63, 3.8) is 0 Å². The van der Waals surface area contributed by atoms with Crippen LogP contribution in [0.5, 0.6) is 28.7 Å². The van der Waals surface area contributed by atoms with Crippen molar-refractivity contribution in [2.75, 3.05) is 27.9 Å². The van der Waals surface area contributed by atoms with Crippen molar-refractivity contribution in [3.8, 4) is 40.1 Å². The molecule has 0 unspecified atom stereocenters. The van der Waals surface area contributed by atoms with E-state index in [1.54, 1.807) is 0 Å². The highest BCUT2D eigenvalue weighted by atomic mass is 16.7. The first kappa shape index (κ1) is 25.5. The molecule has 194 valence electrons. The van der Waals surface area contributed by atoms with Gasteiger partial charge in [-0.1, -0.05) is 0 Å². The highest BCUT2D eigenvalue weighted by molar-refractivity contribution is 5.89. The second-order valence-corrected chi connectivity index (χ2v) is 7.96. The van der Waals surface area contributed by atoms with Gasteiger partial charge in [0, 0.05) is 5.56 Å². The molecular formula is C24H26O12. The van der Waals surface area contributed by atoms with Crippen LogP contribution in [0.2, 0.25) is 0 Å². The molecule has 0 aliphatic carbocycles. The lowest BCUT2D eigenvalue weighted by Gasteiger charge is -2.39. The Labute approximate surface area is 204 Å². The minimum absolute atomic E-state index is 0.0530. The smallest absolute Gasteiger partial charge is 0.239 e. The Morgan fingerprint density at radius 1 is 0.889 bits per heavy atom. The van der Waals surface area contributed by atoms with Gasteiger partial charge in [0.1, 0.15) is 35.4 Å². The van der Waals surface area contributed by atoms with Crippen molar-refractivity contribution >= 4 is 11.0 Å². The van der Waals surface area contributed by atoms with Crippen molar-refractivity contribution in [1.29, 1.82) is 0 Å². The molecule has 0 saturated carbocycles. The lowest BCUT2D eigenvalue weighted by Crippen LogP contribution is -2.60. The minimum Gasteiger partial charge on any atom is -0.504 e. The summed E-state index contributed by atoms with van der Waals surface area (Å²) < 4.78 is 32.7. The van der Waals surface area contributed by atoms with Crippen LogP contribution in [0, 0.1) is 0 Å². The fraction of sp³-hybridized carbons (Fsp3) is 0.375. The summed E-state index contributed by atoms with van der Waals surface area (Å²) in [5, 5.41) is 49.9. The number of phenolic OH excluding ortho intramolecular Hbond substituents is 1. The van der Waals surface area contributed by atoms with Gasteiger partial charge in [-0.15, -0.1) is 0 Å². The van der Waals surface area contributed by atoms with E-state index in [0.29, 0.717) is 5.56 Å². The van der Waals surface area contributed by atoms with E-state index in [1.165, 1.54) is 51.7 Å². The van der Waals surface area contributed by atoms with Crippen molar-refractivity contribution in [3.05, 3.63) is 40.6 Å². The molecule has 3 aromatic rings. The molecule has 2 heterocycles. The largest absolute Gasteiger partial charge is 0.504 e. The summed E-state index contributed by atoms with van der Waals surface area (Å²) in [5.41, 5.74) is -0.167. The van der Waals surface area contributed by atoms with Gasteiger partial charge in [-0.25, -0.2) is 0 Å². The van der Waals surface area contributed by atoms with E-state index < -0.39 is 42.7 Å². The number of aromatic hydroxyl groups is 1. The summed E-state index contributed by atoms with van der Waals surface area (Å²) in [6.45, 7) is -0.608. The molecule has 12 nitrogen and oxygen atoms in total. The Kier molecular flexibility index (Phi) is 7.24. The lowest BCUT2D eigenvalue weighted by molar-refractivity contribution is -0.277. The van der Waals surface area contributed by atoms with Gasteiger partial charge in [0.05, 0.1) is 27.9 Å². The third-order valence-corrected chi connectivity index (χ3v) is 5.90. The standard InChI is InChI=1S/C24H26O12/c1-31-13-7-6-12-16(17(13)26)19(28)23(33-3)22(34-12)10-4-5-11(14(8-10)32-2)35-24-21(30)20(29)18(27)15(9-25)36-24/h4-8,15,18,20-21,24-27,29-30H,9H2,1-3H3/t15-,18+,20+,21-,24+/m1/s1. The van der Waals surface area contributed by atoms with E-state index >= 15 is 0 Å². The van der Waals surface area contributed by atoms with Gasteiger partial charge in [-0.05, 0) is 30.3 Å². The van der Waals surface area contributed by atoms with Crippen molar-refractivity contribution in [2.45, 2.75) is 30.7 Å². The number of rotatable bonds is 7. The molecule has 1 fully saturated rings. The molecule has 5 N–H and O–H groups in total. The highest BCUT2D eigenvalue weighted by Crippen LogP contribution is 2.40. The monoisotopic (exact) mass is 506 g/mol. The molecule has 2 aromatic carbocycles. The average molecular weight is 506 g/mol. The third kappa shape index (κ3) is 4.29. The van der Waals surface area contributed by atoms with E-state index in [0.717, 1.165) is 0 Å². The van der Waals surface area contributed by atoms with Crippen LogP contribution in [0.15, 0.2) is 39.5 Å². The first-order chi connectivity index (χ1) is 17.2. The summed E-state index contributed by atoms with van der Waals surface area (Å²) in [6.07, 6.45) is -7.33. The van der Waals surface area contributed by atoms with Crippen LogP contribution in [0.25, 0.3) is 22.3 Å². The predicted molar refractivity (Wildman–Crippen MR) is 124 cm³/mol. The van der Waals surface area contributed by atoms with Gasteiger partial charge in [0.25, 0.3) is 0 Å². The maximum absolute atomic E-state index is 13.1. The molecular weight excluding hydrogens is 480 g/mol. The van der Waals surface area contributed by atoms with Crippen LogP contribution in [0.3, 0.4) is 0 Å². The number of ether oxygens (including phenoxy) is 5. The highest BCUT2D eigenvalue weighted by Gasteiger charge is 2.45. The maximum Gasteiger partial charge on any atom is 0.239 e. The molecule has 1 saturated heterocycles. The molecule has 12 heteroatoms. The van der Waals surface area contributed by atoms with Crippen molar-refractivity contribution in [1.82, 2.24) is 0 Å². The van der Waals surface area contributed by atoms with E-state index in [-0.39, 0.29) is 45.5 Å². The second kappa shape index (κ2) is 10.2. The Bertz CT molecular complexity index is 1300. The first-order valence-corrected chi connectivity index (χ1v) is 10.8. The van der Waals surface area contributed by atoms with Crippen LogP contribution in [-0.4, -0.2) is 84.2 Å². The third-order valence-electron chi connectivity index (χ3n) is 5.90. The van der Waals surface area contributed by atoms with Crippen LogP contribution in [-0.2, 0) is 4.74 Å². The molecule has 36 heavy (non-hydrogen) atoms. The van der Waals surface area contributed by atoms with Crippen LogP contribution >= 0.6 is 0 Å². The van der Waals surface area contributed by atoms with E-state index in [2.05, 4.69) is 0 Å². The molecule has 1 aliphatic heterocycles. The average Bonchev–Trinajstić information content (AvgIpc) is 2.89. The molecule has 0 spiro atoms. The van der Waals surface area contributed by atoms with Gasteiger partial charge < -0.3 is 53.6 Å². The number of fused-ring (bicyclic) bond motifs is 1. The zero-order chi connectivity index (χ0) is 26.1. The summed E-state index contributed by atoms with van der Waals surface area (Å²) in [5.74, 6) is -0.162. The van der Waals surface area contributed by atoms with Gasteiger partial charge in [0.2, 0.25) is 17.5 Å². The normalized spacial score (nSPS) is 23.9. The molecule has 1 aliphatic rings. The maximum atomic E-state index is 13.1. The Morgan fingerprint density at radius 3 is 2.22 bits per heavy atom. The second-order valence-electron chi connectivity index (χ2n) is 7.96. The van der Waals surface area contributed by atoms with Crippen molar-refractivity contribution in [2.24, 2.45) is 0 Å². The summed E-state index contributed by atoms with van der Waals surface area (Å²) in [7, 11) is 4.00. The van der Waals surface area contributed by atoms with Crippen molar-refractivity contribution < 1.29 is 53.6 Å². The van der Waals surface area contributed by atoms with Gasteiger partial charge in [0.15, 0.2) is 28.8 Å². The van der Waals surface area contributed by atoms with Crippen LogP contribution in [0.1, 0.15) is 0 Å². The number of aliphatic hydroxyl groups is 4. The first-order valence-electron chi connectivity index (χ1n) is 10.8. The van der Waals surface area contributed by atoms with E-state index in [9.17, 15) is 30.3 Å². The molecule has 0 radical (unpaired) electrons. The SMILES string of the molecule is COc1cc(-c2oc3ccc(OC)c(O)c3c(=O)c2OC)ccc1O[C@H]1O[C@H](CO)[C@H](O)[C@H](O)[C@H]1O. The zero-order valence-electron chi connectivity index (χ0n) is 19.6. The number of hydrogen-bond acceptors (Lipinski definition) is 12. The summed E-state index contributed by atoms with van der Waals surface area (Å²) >= 11 is 0. The zero-order valence-corrected chi connectivity index (χ0v) is 19.6. The Balaban J connectivity index is 1.74. The molecule has 4 rings (SSSR count). The van der Waals surface area contributed by atoms with E-state index in [1.807, 2.05) is 0 Å². The lowest BCUT2D eigenvalue weighted by atomic mass is 9.99. The number of benzene rings is 2. The Morgan fingerprint density at radius 2 is 1.58 bits per heavy atom. The number of hydrogen-bond donors (Lipinski definition) is 5. The summed E-state index contributed by atoms with van der Waals surface area (Å²) in [4.78, 5) is 13.1. The molecule has 5 atom stereocenters. The number of aliphatic hydroxyl groups excluding tert-OH is 4. The van der Waals surface area contributed by atoms with Gasteiger partial charge in [-0.2, -0.15) is 0 Å². The summed E-state index contributed by atoms with van der Waals surface area (Å²) in [6, 6.07) is 7.39. The van der Waals surface area contributed by atoms with Crippen LogP contribution < -0.4 is 24.4 Å². The number of methoxy groups -OCH3 is 3. The Hall–Kier alpha value is -3.55. The number of phenols is 1. The topological polar surface area (TPSA) is 178 Å².